The molecule has 2 nitrogen and oxygen atoms in total. The molecule has 0 aromatic heterocycles. The zero-order chi connectivity index (χ0) is 9.56. The highest BCUT2D eigenvalue weighted by atomic mass is 14.8. The number of rotatable bonds is 5. The highest BCUT2D eigenvalue weighted by Gasteiger charge is 2.13. The zero-order valence-corrected chi connectivity index (χ0v) is 8.75. The van der Waals surface area contributed by atoms with Crippen LogP contribution in [0.25, 0.3) is 0 Å². The van der Waals surface area contributed by atoms with Gasteiger partial charge in [-0.1, -0.05) is 27.7 Å². The summed E-state index contributed by atoms with van der Waals surface area (Å²) in [5.41, 5.74) is 5.25. The summed E-state index contributed by atoms with van der Waals surface area (Å²) < 4.78 is 0. The number of hydrogen-bond donors (Lipinski definition) is 1. The molecule has 0 bridgehead atoms. The molecule has 0 aliphatic carbocycles. The summed E-state index contributed by atoms with van der Waals surface area (Å²) in [6.07, 6.45) is 3.00. The van der Waals surface area contributed by atoms with Crippen LogP contribution in [-0.4, -0.2) is 12.9 Å². The minimum absolute atomic E-state index is 0.419. The lowest BCUT2D eigenvalue weighted by Gasteiger charge is -2.21. The Balaban J connectivity index is 3.71. The third-order valence-electron chi connectivity index (χ3n) is 2.66. The van der Waals surface area contributed by atoms with Crippen molar-refractivity contribution in [2.75, 3.05) is 6.67 Å². The smallest absolute Gasteiger partial charge is 0.0855 e. The van der Waals surface area contributed by atoms with Crippen LogP contribution in [0.1, 0.15) is 34.1 Å². The Morgan fingerprint density at radius 2 is 1.83 bits per heavy atom. The zero-order valence-electron chi connectivity index (χ0n) is 8.75. The van der Waals surface area contributed by atoms with Crippen molar-refractivity contribution >= 4 is 6.21 Å². The second-order valence-electron chi connectivity index (χ2n) is 3.86. The summed E-state index contributed by atoms with van der Waals surface area (Å²) in [7, 11) is 0. The molecule has 0 aliphatic rings. The van der Waals surface area contributed by atoms with E-state index in [1.54, 1.807) is 0 Å². The molecule has 2 atom stereocenters. The van der Waals surface area contributed by atoms with E-state index in [0.29, 0.717) is 12.6 Å². The molecule has 2 N–H and O–H groups in total. The van der Waals surface area contributed by atoms with Gasteiger partial charge in [0, 0.05) is 6.21 Å². The van der Waals surface area contributed by atoms with Gasteiger partial charge in [-0.2, -0.15) is 0 Å². The summed E-state index contributed by atoms with van der Waals surface area (Å²) >= 11 is 0. The second kappa shape index (κ2) is 6.18. The van der Waals surface area contributed by atoms with E-state index < -0.39 is 0 Å². The number of nitrogens with zero attached hydrogens (tertiary/aromatic N) is 1. The molecule has 0 rings (SSSR count). The largest absolute Gasteiger partial charge is 0.312 e. The molecular weight excluding hydrogens is 148 g/mol. The van der Waals surface area contributed by atoms with E-state index in [9.17, 15) is 0 Å². The van der Waals surface area contributed by atoms with Crippen molar-refractivity contribution in [2.24, 2.45) is 28.5 Å². The average Bonchev–Trinajstić information content (AvgIpc) is 2.03. The molecule has 2 unspecified atom stereocenters. The first-order valence-corrected chi connectivity index (χ1v) is 4.78. The molecule has 0 radical (unpaired) electrons. The van der Waals surface area contributed by atoms with Crippen LogP contribution in [-0.2, 0) is 0 Å². The van der Waals surface area contributed by atoms with Gasteiger partial charge in [0.05, 0.1) is 6.67 Å². The van der Waals surface area contributed by atoms with Crippen molar-refractivity contribution in [3.63, 3.8) is 0 Å². The SMILES string of the molecule is CC(C)C(C)C(C)CC=NCN. The van der Waals surface area contributed by atoms with E-state index in [-0.39, 0.29) is 0 Å². The van der Waals surface area contributed by atoms with Crippen molar-refractivity contribution in [3.8, 4) is 0 Å². The molecule has 0 heterocycles. The molecule has 0 aliphatic heterocycles. The van der Waals surface area contributed by atoms with Gasteiger partial charge >= 0.3 is 0 Å². The van der Waals surface area contributed by atoms with Crippen LogP contribution in [0.4, 0.5) is 0 Å². The van der Waals surface area contributed by atoms with E-state index in [1.165, 1.54) is 0 Å². The molecule has 0 saturated heterocycles. The van der Waals surface area contributed by atoms with Crippen LogP contribution < -0.4 is 5.73 Å². The van der Waals surface area contributed by atoms with Gasteiger partial charge < -0.3 is 5.73 Å². The Hall–Kier alpha value is -0.370. The summed E-state index contributed by atoms with van der Waals surface area (Å²) in [5, 5.41) is 0. The maximum atomic E-state index is 5.25. The fourth-order valence-electron chi connectivity index (χ4n) is 1.19. The molecule has 0 saturated carbocycles. The Bertz CT molecular complexity index is 130. The molecule has 0 amide bonds. The Morgan fingerprint density at radius 1 is 1.25 bits per heavy atom. The van der Waals surface area contributed by atoms with Crippen molar-refractivity contribution in [2.45, 2.75) is 34.1 Å². The van der Waals surface area contributed by atoms with Gasteiger partial charge in [0.15, 0.2) is 0 Å². The van der Waals surface area contributed by atoms with Gasteiger partial charge in [-0.15, -0.1) is 0 Å². The summed E-state index contributed by atoms with van der Waals surface area (Å²) in [6.45, 7) is 9.52. The minimum atomic E-state index is 0.419. The number of aliphatic imine (C=N–C) groups is 1. The van der Waals surface area contributed by atoms with E-state index >= 15 is 0 Å². The van der Waals surface area contributed by atoms with Gasteiger partial charge in [-0.05, 0) is 24.2 Å². The lowest BCUT2D eigenvalue weighted by Crippen LogP contribution is -2.14. The van der Waals surface area contributed by atoms with Crippen LogP contribution in [0, 0.1) is 17.8 Å². The normalized spacial score (nSPS) is 17.2. The van der Waals surface area contributed by atoms with E-state index in [0.717, 1.165) is 18.3 Å². The van der Waals surface area contributed by atoms with Gasteiger partial charge in [-0.3, -0.25) is 4.99 Å². The maximum Gasteiger partial charge on any atom is 0.0855 e. The first-order chi connectivity index (χ1) is 5.59. The standard InChI is InChI=1S/C10H22N2/c1-8(2)10(4)9(3)5-6-12-7-11/h6,8-10H,5,7,11H2,1-4H3. The molecule has 0 spiro atoms. The lowest BCUT2D eigenvalue weighted by atomic mass is 9.85. The van der Waals surface area contributed by atoms with Crippen molar-refractivity contribution in [1.29, 1.82) is 0 Å². The van der Waals surface area contributed by atoms with Gasteiger partial charge in [0.2, 0.25) is 0 Å². The highest BCUT2D eigenvalue weighted by molar-refractivity contribution is 5.57. The summed E-state index contributed by atoms with van der Waals surface area (Å²) in [4.78, 5) is 4.01. The molecule has 0 aromatic carbocycles. The third kappa shape index (κ3) is 4.50. The molecule has 2 heteroatoms. The van der Waals surface area contributed by atoms with Crippen molar-refractivity contribution < 1.29 is 0 Å². The van der Waals surface area contributed by atoms with Crippen LogP contribution in [0.3, 0.4) is 0 Å². The van der Waals surface area contributed by atoms with Gasteiger partial charge in [-0.25, -0.2) is 0 Å². The first kappa shape index (κ1) is 11.6. The Morgan fingerprint density at radius 3 is 2.25 bits per heavy atom. The second-order valence-corrected chi connectivity index (χ2v) is 3.86. The lowest BCUT2D eigenvalue weighted by molar-refractivity contribution is 0.304. The molecule has 0 aromatic rings. The van der Waals surface area contributed by atoms with E-state index in [2.05, 4.69) is 32.7 Å². The van der Waals surface area contributed by atoms with Crippen LogP contribution in [0.5, 0.6) is 0 Å². The Labute approximate surface area is 76.3 Å². The summed E-state index contributed by atoms with van der Waals surface area (Å²) in [6, 6.07) is 0. The molecule has 72 valence electrons. The number of nitrogens with two attached hydrogens (primary N) is 1. The molecule has 0 fully saturated rings. The predicted molar refractivity (Wildman–Crippen MR) is 55.3 cm³/mol. The van der Waals surface area contributed by atoms with Crippen LogP contribution in [0.2, 0.25) is 0 Å². The highest BCUT2D eigenvalue weighted by Crippen LogP contribution is 2.21. The van der Waals surface area contributed by atoms with Crippen molar-refractivity contribution in [3.05, 3.63) is 0 Å². The first-order valence-electron chi connectivity index (χ1n) is 4.78. The van der Waals surface area contributed by atoms with E-state index in [1.807, 2.05) is 6.21 Å². The van der Waals surface area contributed by atoms with Crippen molar-refractivity contribution in [1.82, 2.24) is 0 Å². The van der Waals surface area contributed by atoms with Gasteiger partial charge in [0.1, 0.15) is 0 Å². The topological polar surface area (TPSA) is 38.4 Å². The maximum absolute atomic E-state index is 5.25. The van der Waals surface area contributed by atoms with E-state index in [4.69, 9.17) is 5.73 Å². The van der Waals surface area contributed by atoms with Crippen LogP contribution in [0.15, 0.2) is 4.99 Å². The predicted octanol–water partition coefficient (Wildman–Crippen LogP) is 2.29. The van der Waals surface area contributed by atoms with Gasteiger partial charge in [0.25, 0.3) is 0 Å². The molecule has 12 heavy (non-hydrogen) atoms. The van der Waals surface area contributed by atoms with Crippen LogP contribution >= 0.6 is 0 Å². The summed E-state index contributed by atoms with van der Waals surface area (Å²) in [5.74, 6) is 2.22. The third-order valence-corrected chi connectivity index (χ3v) is 2.66. The monoisotopic (exact) mass is 170 g/mol. The minimum Gasteiger partial charge on any atom is -0.312 e. The quantitative estimate of drug-likeness (QED) is 0.632. The fourth-order valence-corrected chi connectivity index (χ4v) is 1.19. The average molecular weight is 170 g/mol. The number of hydrogen-bond acceptors (Lipinski definition) is 2. The Kier molecular flexibility index (Phi) is 5.99. The molecular formula is C10H22N2. The fraction of sp³-hybridized carbons (Fsp3) is 0.900.